The fraction of sp³-hybridized carbons (Fsp3) is 0.235. The fourth-order valence-corrected chi connectivity index (χ4v) is 1.97. The van der Waals surface area contributed by atoms with Crippen LogP contribution in [0.1, 0.15) is 17.5 Å². The maximum Gasteiger partial charge on any atom is 0.227 e. The third-order valence-corrected chi connectivity index (χ3v) is 3.03. The van der Waals surface area contributed by atoms with Crippen LogP contribution in [0.3, 0.4) is 0 Å². The molecule has 2 rings (SSSR count). The molecule has 1 amide bonds. The molecule has 0 unspecified atom stereocenters. The first-order chi connectivity index (χ1) is 10.2. The summed E-state index contributed by atoms with van der Waals surface area (Å²) in [5.74, 6) is 0.713. The van der Waals surface area contributed by atoms with Crippen molar-refractivity contribution in [3.8, 4) is 5.75 Å². The maximum atomic E-state index is 11.8. The van der Waals surface area contributed by atoms with E-state index in [1.165, 1.54) is 0 Å². The van der Waals surface area contributed by atoms with Gasteiger partial charge < -0.3 is 15.8 Å². The first-order valence-electron chi connectivity index (χ1n) is 6.96. The van der Waals surface area contributed by atoms with Gasteiger partial charge in [-0.25, -0.2) is 0 Å². The van der Waals surface area contributed by atoms with Gasteiger partial charge >= 0.3 is 0 Å². The van der Waals surface area contributed by atoms with Crippen molar-refractivity contribution in [2.24, 2.45) is 5.73 Å². The Kier molecular flexibility index (Phi) is 5.35. The maximum absolute atomic E-state index is 11.8. The van der Waals surface area contributed by atoms with Gasteiger partial charge in [-0.2, -0.15) is 0 Å². The summed E-state index contributed by atoms with van der Waals surface area (Å²) in [6.45, 7) is 2.82. The second kappa shape index (κ2) is 7.45. The largest absolute Gasteiger partial charge is 0.493 e. The number of carbonyl (C=O) groups excluding carboxylic acids is 1. The molecule has 21 heavy (non-hydrogen) atoms. The van der Waals surface area contributed by atoms with E-state index in [1.807, 2.05) is 55.5 Å². The number of rotatable bonds is 6. The Morgan fingerprint density at radius 1 is 1.19 bits per heavy atom. The van der Waals surface area contributed by atoms with E-state index in [2.05, 4.69) is 5.32 Å². The summed E-state index contributed by atoms with van der Waals surface area (Å²) in [5, 5.41) is 2.84. The number of ether oxygens (including phenoxy) is 1. The Morgan fingerprint density at radius 2 is 2.00 bits per heavy atom. The van der Waals surface area contributed by atoms with Crippen molar-refractivity contribution in [3.63, 3.8) is 0 Å². The number of nitrogens with two attached hydrogens (primary N) is 1. The molecule has 0 saturated carbocycles. The summed E-state index contributed by atoms with van der Waals surface area (Å²) in [4.78, 5) is 11.8. The normalized spacial score (nSPS) is 10.2. The highest BCUT2D eigenvalue weighted by Gasteiger charge is 2.03. The molecule has 2 aromatic carbocycles. The molecule has 0 heterocycles. The first kappa shape index (κ1) is 15.1. The zero-order valence-electron chi connectivity index (χ0n) is 12.1. The Hall–Kier alpha value is -2.33. The Balaban J connectivity index is 1.79. The summed E-state index contributed by atoms with van der Waals surface area (Å²) >= 11 is 0. The van der Waals surface area contributed by atoms with Gasteiger partial charge in [0, 0.05) is 12.2 Å². The van der Waals surface area contributed by atoms with Crippen molar-refractivity contribution in [2.75, 3.05) is 11.9 Å². The smallest absolute Gasteiger partial charge is 0.227 e. The number of benzene rings is 2. The zero-order chi connectivity index (χ0) is 15.1. The molecule has 110 valence electrons. The van der Waals surface area contributed by atoms with E-state index in [4.69, 9.17) is 10.5 Å². The SMILES string of the molecule is Cc1cccc(OCCC(=O)Nc2cccc(CN)c2)c1. The monoisotopic (exact) mass is 284 g/mol. The molecule has 4 heteroatoms. The van der Waals surface area contributed by atoms with Gasteiger partial charge in [-0.1, -0.05) is 24.3 Å². The molecule has 4 nitrogen and oxygen atoms in total. The van der Waals surface area contributed by atoms with Crippen molar-refractivity contribution < 1.29 is 9.53 Å². The number of carbonyl (C=O) groups is 1. The van der Waals surface area contributed by atoms with Gasteiger partial charge in [0.1, 0.15) is 5.75 Å². The minimum Gasteiger partial charge on any atom is -0.493 e. The van der Waals surface area contributed by atoms with Crippen LogP contribution < -0.4 is 15.8 Å². The third-order valence-electron chi connectivity index (χ3n) is 3.03. The van der Waals surface area contributed by atoms with Gasteiger partial charge in [0.15, 0.2) is 0 Å². The van der Waals surface area contributed by atoms with Crippen LogP contribution in [0.4, 0.5) is 5.69 Å². The lowest BCUT2D eigenvalue weighted by Gasteiger charge is -2.08. The van der Waals surface area contributed by atoms with Crippen LogP contribution in [-0.4, -0.2) is 12.5 Å². The number of amides is 1. The topological polar surface area (TPSA) is 64.3 Å². The molecule has 0 bridgehead atoms. The summed E-state index contributed by atoms with van der Waals surface area (Å²) in [7, 11) is 0. The minimum absolute atomic E-state index is 0.0724. The number of aryl methyl sites for hydroxylation is 1. The van der Waals surface area contributed by atoms with Crippen LogP contribution >= 0.6 is 0 Å². The molecule has 0 aliphatic rings. The van der Waals surface area contributed by atoms with E-state index in [0.717, 1.165) is 22.6 Å². The van der Waals surface area contributed by atoms with E-state index in [9.17, 15) is 4.79 Å². The molecule has 2 aromatic rings. The summed E-state index contributed by atoms with van der Waals surface area (Å²) in [6, 6.07) is 15.3. The fourth-order valence-electron chi connectivity index (χ4n) is 1.97. The molecule has 0 aliphatic heterocycles. The van der Waals surface area contributed by atoms with Gasteiger partial charge in [-0.3, -0.25) is 4.79 Å². The number of hydrogen-bond acceptors (Lipinski definition) is 3. The van der Waals surface area contributed by atoms with Crippen LogP contribution in [0.5, 0.6) is 5.75 Å². The van der Waals surface area contributed by atoms with Gasteiger partial charge in [0.2, 0.25) is 5.91 Å². The average molecular weight is 284 g/mol. The molecule has 0 saturated heterocycles. The van der Waals surface area contributed by atoms with E-state index in [1.54, 1.807) is 0 Å². The molecule has 0 atom stereocenters. The standard InChI is InChI=1S/C17H20N2O2/c1-13-4-2-7-16(10-13)21-9-8-17(20)19-15-6-3-5-14(11-15)12-18/h2-7,10-11H,8-9,12,18H2,1H3,(H,19,20). The number of nitrogens with one attached hydrogen (secondary N) is 1. The molecular weight excluding hydrogens is 264 g/mol. The lowest BCUT2D eigenvalue weighted by molar-refractivity contribution is -0.116. The Labute approximate surface area is 124 Å². The lowest BCUT2D eigenvalue weighted by atomic mass is 10.2. The number of hydrogen-bond donors (Lipinski definition) is 2. The van der Waals surface area contributed by atoms with Gasteiger partial charge in [0.05, 0.1) is 13.0 Å². The van der Waals surface area contributed by atoms with Crippen molar-refractivity contribution in [2.45, 2.75) is 19.9 Å². The second-order valence-corrected chi connectivity index (χ2v) is 4.87. The number of anilines is 1. The predicted octanol–water partition coefficient (Wildman–Crippen LogP) is 2.86. The van der Waals surface area contributed by atoms with Crippen LogP contribution in [0.2, 0.25) is 0 Å². The molecule has 0 radical (unpaired) electrons. The van der Waals surface area contributed by atoms with Crippen LogP contribution in [0, 0.1) is 6.92 Å². The molecule has 0 spiro atoms. The molecule has 0 aliphatic carbocycles. The summed E-state index contributed by atoms with van der Waals surface area (Å²) < 4.78 is 5.56. The Morgan fingerprint density at radius 3 is 2.76 bits per heavy atom. The zero-order valence-corrected chi connectivity index (χ0v) is 12.1. The highest BCUT2D eigenvalue weighted by molar-refractivity contribution is 5.90. The quantitative estimate of drug-likeness (QED) is 0.857. The van der Waals surface area contributed by atoms with Crippen LogP contribution in [0.15, 0.2) is 48.5 Å². The van der Waals surface area contributed by atoms with Gasteiger partial charge in [-0.05, 0) is 42.3 Å². The van der Waals surface area contributed by atoms with E-state index < -0.39 is 0 Å². The predicted molar refractivity (Wildman–Crippen MR) is 84.3 cm³/mol. The van der Waals surface area contributed by atoms with Crippen molar-refractivity contribution in [1.29, 1.82) is 0 Å². The minimum atomic E-state index is -0.0724. The summed E-state index contributed by atoms with van der Waals surface area (Å²) in [6.07, 6.45) is 0.306. The molecular formula is C17H20N2O2. The van der Waals surface area contributed by atoms with Crippen molar-refractivity contribution in [3.05, 3.63) is 59.7 Å². The van der Waals surface area contributed by atoms with E-state index in [0.29, 0.717) is 19.6 Å². The highest BCUT2D eigenvalue weighted by Crippen LogP contribution is 2.13. The first-order valence-corrected chi connectivity index (χ1v) is 6.96. The van der Waals surface area contributed by atoms with E-state index >= 15 is 0 Å². The van der Waals surface area contributed by atoms with Crippen LogP contribution in [0.25, 0.3) is 0 Å². The average Bonchev–Trinajstić information content (AvgIpc) is 2.47. The van der Waals surface area contributed by atoms with Gasteiger partial charge in [0.25, 0.3) is 0 Å². The molecule has 0 fully saturated rings. The molecule has 0 aromatic heterocycles. The Bertz CT molecular complexity index is 611. The third kappa shape index (κ3) is 4.93. The van der Waals surface area contributed by atoms with Gasteiger partial charge in [-0.15, -0.1) is 0 Å². The molecule has 3 N–H and O–H groups in total. The highest BCUT2D eigenvalue weighted by atomic mass is 16.5. The van der Waals surface area contributed by atoms with Crippen molar-refractivity contribution in [1.82, 2.24) is 0 Å². The van der Waals surface area contributed by atoms with Crippen molar-refractivity contribution >= 4 is 11.6 Å². The lowest BCUT2D eigenvalue weighted by Crippen LogP contribution is -2.15. The van der Waals surface area contributed by atoms with E-state index in [-0.39, 0.29) is 5.91 Å². The van der Waals surface area contributed by atoms with Crippen LogP contribution in [-0.2, 0) is 11.3 Å². The summed E-state index contributed by atoms with van der Waals surface area (Å²) in [5.41, 5.74) is 8.46. The second-order valence-electron chi connectivity index (χ2n) is 4.87.